The van der Waals surface area contributed by atoms with Crippen LogP contribution in [0.2, 0.25) is 0 Å². The highest BCUT2D eigenvalue weighted by molar-refractivity contribution is 5.92. The van der Waals surface area contributed by atoms with Crippen molar-refractivity contribution in [3.63, 3.8) is 0 Å². The molecule has 2 aromatic carbocycles. The number of halogens is 1. The SMILES string of the molecule is C[C@H](N)c1cc(F)ccc1Oc1ccc(C(N)=O)cc1. The molecule has 0 heterocycles. The van der Waals surface area contributed by atoms with E-state index in [4.69, 9.17) is 16.2 Å². The molecular weight excluding hydrogens is 259 g/mol. The molecule has 104 valence electrons. The number of carbonyl (C=O) groups is 1. The summed E-state index contributed by atoms with van der Waals surface area (Å²) in [5.74, 6) is 0.125. The molecule has 1 amide bonds. The number of ether oxygens (including phenoxy) is 1. The first-order chi connectivity index (χ1) is 9.47. The van der Waals surface area contributed by atoms with E-state index < -0.39 is 5.91 Å². The number of amides is 1. The van der Waals surface area contributed by atoms with Gasteiger partial charge in [-0.05, 0) is 49.4 Å². The summed E-state index contributed by atoms with van der Waals surface area (Å²) in [6.45, 7) is 1.75. The Morgan fingerprint density at radius 1 is 1.20 bits per heavy atom. The van der Waals surface area contributed by atoms with Gasteiger partial charge in [0, 0.05) is 17.2 Å². The van der Waals surface area contributed by atoms with Crippen molar-refractivity contribution >= 4 is 5.91 Å². The molecule has 0 saturated heterocycles. The Kier molecular flexibility index (Phi) is 4.00. The van der Waals surface area contributed by atoms with Gasteiger partial charge in [-0.1, -0.05) is 0 Å². The molecule has 4 nitrogen and oxygen atoms in total. The molecule has 0 radical (unpaired) electrons. The maximum Gasteiger partial charge on any atom is 0.248 e. The van der Waals surface area contributed by atoms with Crippen LogP contribution in [0.3, 0.4) is 0 Å². The lowest BCUT2D eigenvalue weighted by atomic mass is 10.1. The van der Waals surface area contributed by atoms with Gasteiger partial charge in [0.05, 0.1) is 0 Å². The fourth-order valence-corrected chi connectivity index (χ4v) is 1.78. The average molecular weight is 274 g/mol. The predicted molar refractivity (Wildman–Crippen MR) is 74.0 cm³/mol. The van der Waals surface area contributed by atoms with Gasteiger partial charge in [-0.3, -0.25) is 4.79 Å². The molecule has 2 rings (SSSR count). The van der Waals surface area contributed by atoms with Gasteiger partial charge in [-0.15, -0.1) is 0 Å². The Morgan fingerprint density at radius 2 is 1.85 bits per heavy atom. The van der Waals surface area contributed by atoms with Crippen LogP contribution < -0.4 is 16.2 Å². The van der Waals surface area contributed by atoms with Gasteiger partial charge in [0.2, 0.25) is 5.91 Å². The molecule has 4 N–H and O–H groups in total. The molecule has 0 aliphatic carbocycles. The van der Waals surface area contributed by atoms with Gasteiger partial charge < -0.3 is 16.2 Å². The Labute approximate surface area is 116 Å². The Morgan fingerprint density at radius 3 is 2.40 bits per heavy atom. The first-order valence-corrected chi connectivity index (χ1v) is 6.10. The minimum absolute atomic E-state index is 0.356. The van der Waals surface area contributed by atoms with Gasteiger partial charge in [-0.25, -0.2) is 4.39 Å². The second-order valence-corrected chi connectivity index (χ2v) is 4.46. The molecule has 0 fully saturated rings. The van der Waals surface area contributed by atoms with Crippen molar-refractivity contribution in [2.45, 2.75) is 13.0 Å². The van der Waals surface area contributed by atoms with E-state index in [0.29, 0.717) is 22.6 Å². The van der Waals surface area contributed by atoms with E-state index in [1.807, 2.05) is 0 Å². The zero-order valence-corrected chi connectivity index (χ0v) is 11.0. The zero-order chi connectivity index (χ0) is 14.7. The van der Waals surface area contributed by atoms with Crippen molar-refractivity contribution in [3.8, 4) is 11.5 Å². The van der Waals surface area contributed by atoms with Crippen molar-refractivity contribution in [2.75, 3.05) is 0 Å². The van der Waals surface area contributed by atoms with Crippen LogP contribution in [0.25, 0.3) is 0 Å². The van der Waals surface area contributed by atoms with Crippen molar-refractivity contribution in [1.82, 2.24) is 0 Å². The van der Waals surface area contributed by atoms with E-state index in [1.165, 1.54) is 18.2 Å². The fourth-order valence-electron chi connectivity index (χ4n) is 1.78. The summed E-state index contributed by atoms with van der Waals surface area (Å²) in [5.41, 5.74) is 11.9. The number of carbonyl (C=O) groups excluding carboxylic acids is 1. The fraction of sp³-hybridized carbons (Fsp3) is 0.133. The lowest BCUT2D eigenvalue weighted by Gasteiger charge is -2.14. The number of rotatable bonds is 4. The monoisotopic (exact) mass is 274 g/mol. The largest absolute Gasteiger partial charge is 0.457 e. The summed E-state index contributed by atoms with van der Waals surface area (Å²) in [4.78, 5) is 11.0. The summed E-state index contributed by atoms with van der Waals surface area (Å²) in [5, 5.41) is 0. The molecule has 0 aliphatic heterocycles. The van der Waals surface area contributed by atoms with Crippen LogP contribution in [0.15, 0.2) is 42.5 Å². The minimum Gasteiger partial charge on any atom is -0.457 e. The summed E-state index contributed by atoms with van der Waals surface area (Å²) in [6, 6.07) is 10.2. The molecular formula is C15H15FN2O2. The van der Waals surface area contributed by atoms with Gasteiger partial charge in [0.15, 0.2) is 0 Å². The molecule has 20 heavy (non-hydrogen) atoms. The number of hydrogen-bond acceptors (Lipinski definition) is 3. The lowest BCUT2D eigenvalue weighted by Crippen LogP contribution is -2.10. The van der Waals surface area contributed by atoms with E-state index >= 15 is 0 Å². The molecule has 2 aromatic rings. The van der Waals surface area contributed by atoms with Crippen LogP contribution >= 0.6 is 0 Å². The van der Waals surface area contributed by atoms with Gasteiger partial charge in [0.1, 0.15) is 17.3 Å². The topological polar surface area (TPSA) is 78.3 Å². The smallest absolute Gasteiger partial charge is 0.248 e. The Balaban J connectivity index is 2.27. The third-order valence-corrected chi connectivity index (χ3v) is 2.83. The summed E-state index contributed by atoms with van der Waals surface area (Å²) in [7, 11) is 0. The minimum atomic E-state index is -0.505. The molecule has 0 spiro atoms. The standard InChI is InChI=1S/C15H15FN2O2/c1-9(17)13-8-11(16)4-7-14(13)20-12-5-2-10(3-6-12)15(18)19/h2-9H,17H2,1H3,(H2,18,19)/t9-/m0/s1. The molecule has 0 aliphatic rings. The van der Waals surface area contributed by atoms with Gasteiger partial charge in [0.25, 0.3) is 0 Å². The normalized spacial score (nSPS) is 11.9. The van der Waals surface area contributed by atoms with Crippen molar-refractivity contribution in [1.29, 1.82) is 0 Å². The molecule has 0 saturated carbocycles. The molecule has 5 heteroatoms. The lowest BCUT2D eigenvalue weighted by molar-refractivity contribution is 0.100. The van der Waals surface area contributed by atoms with Gasteiger partial charge in [-0.2, -0.15) is 0 Å². The third-order valence-electron chi connectivity index (χ3n) is 2.83. The first-order valence-electron chi connectivity index (χ1n) is 6.10. The van der Waals surface area contributed by atoms with E-state index in [-0.39, 0.29) is 11.9 Å². The highest BCUT2D eigenvalue weighted by Crippen LogP contribution is 2.29. The molecule has 0 bridgehead atoms. The van der Waals surface area contributed by atoms with E-state index in [0.717, 1.165) is 0 Å². The van der Waals surface area contributed by atoms with Crippen LogP contribution in [-0.2, 0) is 0 Å². The van der Waals surface area contributed by atoms with Crippen LogP contribution in [0.5, 0.6) is 11.5 Å². The maximum absolute atomic E-state index is 13.2. The van der Waals surface area contributed by atoms with Crippen LogP contribution in [0.4, 0.5) is 4.39 Å². The van der Waals surface area contributed by atoms with Gasteiger partial charge >= 0.3 is 0 Å². The number of primary amides is 1. The summed E-state index contributed by atoms with van der Waals surface area (Å²) >= 11 is 0. The number of nitrogens with two attached hydrogens (primary N) is 2. The second-order valence-electron chi connectivity index (χ2n) is 4.46. The highest BCUT2D eigenvalue weighted by Gasteiger charge is 2.11. The zero-order valence-electron chi connectivity index (χ0n) is 11.0. The summed E-state index contributed by atoms with van der Waals surface area (Å²) in [6.07, 6.45) is 0. The van der Waals surface area contributed by atoms with E-state index in [9.17, 15) is 9.18 Å². The Bertz CT molecular complexity index is 624. The third kappa shape index (κ3) is 3.13. The van der Waals surface area contributed by atoms with E-state index in [2.05, 4.69) is 0 Å². The van der Waals surface area contributed by atoms with Crippen LogP contribution in [0.1, 0.15) is 28.9 Å². The maximum atomic E-state index is 13.2. The molecule has 1 atom stereocenters. The second kappa shape index (κ2) is 5.71. The van der Waals surface area contributed by atoms with Crippen LogP contribution in [0, 0.1) is 5.82 Å². The number of benzene rings is 2. The predicted octanol–water partition coefficient (Wildman–Crippen LogP) is 2.74. The van der Waals surface area contributed by atoms with E-state index in [1.54, 1.807) is 31.2 Å². The number of hydrogen-bond donors (Lipinski definition) is 2. The Hall–Kier alpha value is -2.40. The average Bonchev–Trinajstić information content (AvgIpc) is 2.41. The van der Waals surface area contributed by atoms with Crippen molar-refractivity contribution in [2.24, 2.45) is 11.5 Å². The van der Waals surface area contributed by atoms with Crippen molar-refractivity contribution in [3.05, 3.63) is 59.4 Å². The van der Waals surface area contributed by atoms with Crippen molar-refractivity contribution < 1.29 is 13.9 Å². The molecule has 0 aromatic heterocycles. The highest BCUT2D eigenvalue weighted by atomic mass is 19.1. The summed E-state index contributed by atoms with van der Waals surface area (Å²) < 4.78 is 18.9. The first kappa shape index (κ1) is 14.0. The quantitative estimate of drug-likeness (QED) is 0.899. The van der Waals surface area contributed by atoms with Crippen LogP contribution in [-0.4, -0.2) is 5.91 Å². The molecule has 0 unspecified atom stereocenters.